The Labute approximate surface area is 224 Å². The lowest BCUT2D eigenvalue weighted by molar-refractivity contribution is -0.148. The minimum Gasteiger partial charge on any atom is -0.510 e. The SMILES string of the molecule is CN(C)c1cc(CNCC(N)=O)c(O)c2c1C[C@H]1C[C@H]3[C@H](N(C)C)C(O)=C(C(N)=O)C(=O)[C@@]3(O)C(O)=C1C2=O. The summed E-state index contributed by atoms with van der Waals surface area (Å²) in [4.78, 5) is 53.8. The van der Waals surface area contributed by atoms with Crippen molar-refractivity contribution in [1.29, 1.82) is 0 Å². The predicted octanol–water partition coefficient (Wildman–Crippen LogP) is -1.24. The van der Waals surface area contributed by atoms with E-state index in [0.29, 0.717) is 16.8 Å². The van der Waals surface area contributed by atoms with Crippen LogP contribution in [0.15, 0.2) is 28.7 Å². The number of anilines is 1. The number of carbonyl (C=O) groups excluding carboxylic acids is 4. The number of primary amides is 2. The van der Waals surface area contributed by atoms with E-state index in [9.17, 15) is 39.6 Å². The highest BCUT2D eigenvalue weighted by atomic mass is 16.3. The second-order valence-corrected chi connectivity index (χ2v) is 10.7. The molecule has 4 atom stereocenters. The number of phenolic OH excluding ortho intramolecular Hbond substituents is 1. The highest BCUT2D eigenvalue weighted by Crippen LogP contribution is 2.53. The van der Waals surface area contributed by atoms with E-state index in [-0.39, 0.29) is 42.8 Å². The molecule has 0 spiro atoms. The summed E-state index contributed by atoms with van der Waals surface area (Å²) in [5, 5.41) is 47.9. The summed E-state index contributed by atoms with van der Waals surface area (Å²) in [6, 6.07) is 0.625. The maximum Gasteiger partial charge on any atom is 0.255 e. The number of carbonyl (C=O) groups is 4. The van der Waals surface area contributed by atoms with Gasteiger partial charge < -0.3 is 42.1 Å². The summed E-state index contributed by atoms with van der Waals surface area (Å²) in [7, 11) is 6.67. The van der Waals surface area contributed by atoms with Crippen molar-refractivity contribution < 1.29 is 39.6 Å². The highest BCUT2D eigenvalue weighted by molar-refractivity contribution is 6.25. The number of aliphatic hydroxyl groups is 3. The van der Waals surface area contributed by atoms with Gasteiger partial charge in [0.25, 0.3) is 5.91 Å². The van der Waals surface area contributed by atoms with Gasteiger partial charge in [-0.05, 0) is 44.5 Å². The summed E-state index contributed by atoms with van der Waals surface area (Å²) in [6.07, 6.45) is 0.173. The molecule has 0 aromatic heterocycles. The maximum atomic E-state index is 13.9. The Morgan fingerprint density at radius 2 is 1.77 bits per heavy atom. The van der Waals surface area contributed by atoms with Gasteiger partial charge in [-0.15, -0.1) is 0 Å². The molecule has 0 aliphatic heterocycles. The molecular weight excluding hydrogens is 510 g/mol. The predicted molar refractivity (Wildman–Crippen MR) is 139 cm³/mol. The molecule has 0 heterocycles. The lowest BCUT2D eigenvalue weighted by atomic mass is 9.58. The molecule has 1 aromatic rings. The number of Topliss-reactive ketones (excluding diaryl/α,β-unsaturated/α-hetero) is 2. The van der Waals surface area contributed by atoms with E-state index >= 15 is 0 Å². The van der Waals surface area contributed by atoms with E-state index in [1.165, 1.54) is 4.90 Å². The van der Waals surface area contributed by atoms with E-state index in [0.717, 1.165) is 0 Å². The fourth-order valence-corrected chi connectivity index (χ4v) is 6.21. The summed E-state index contributed by atoms with van der Waals surface area (Å²) in [5.74, 6) is -7.65. The van der Waals surface area contributed by atoms with Gasteiger partial charge in [0.1, 0.15) is 22.8 Å². The van der Waals surface area contributed by atoms with Crippen LogP contribution in [0, 0.1) is 11.8 Å². The first kappa shape index (κ1) is 28.1. The van der Waals surface area contributed by atoms with Crippen LogP contribution < -0.4 is 21.7 Å². The molecule has 0 unspecified atom stereocenters. The van der Waals surface area contributed by atoms with Gasteiger partial charge in [0.2, 0.25) is 11.7 Å². The normalized spacial score (nSPS) is 26.4. The molecule has 0 radical (unpaired) electrons. The van der Waals surface area contributed by atoms with Crippen molar-refractivity contribution in [3.05, 3.63) is 45.4 Å². The van der Waals surface area contributed by atoms with E-state index < -0.39 is 64.0 Å². The maximum absolute atomic E-state index is 13.9. The number of nitrogens with two attached hydrogens (primary N) is 2. The fourth-order valence-electron chi connectivity index (χ4n) is 6.21. The minimum atomic E-state index is -2.70. The summed E-state index contributed by atoms with van der Waals surface area (Å²) in [6.45, 7) is -0.159. The quantitative estimate of drug-likeness (QED) is 0.202. The molecule has 0 saturated heterocycles. The van der Waals surface area contributed by atoms with Crippen LogP contribution in [0.4, 0.5) is 5.69 Å². The number of rotatable bonds is 7. The molecular formula is C26H33N5O8. The third-order valence-corrected chi connectivity index (χ3v) is 7.87. The van der Waals surface area contributed by atoms with Gasteiger partial charge in [-0.1, -0.05) is 0 Å². The van der Waals surface area contributed by atoms with Crippen LogP contribution in [0.5, 0.6) is 5.75 Å². The minimum absolute atomic E-state index is 0.00130. The third-order valence-electron chi connectivity index (χ3n) is 7.87. The monoisotopic (exact) mass is 543 g/mol. The first-order chi connectivity index (χ1) is 18.1. The van der Waals surface area contributed by atoms with E-state index in [1.807, 2.05) is 0 Å². The van der Waals surface area contributed by atoms with Gasteiger partial charge in [-0.2, -0.15) is 0 Å². The summed E-state index contributed by atoms with van der Waals surface area (Å²) in [5.41, 5.74) is 8.05. The van der Waals surface area contributed by atoms with Crippen molar-refractivity contribution in [3.8, 4) is 5.75 Å². The second kappa shape index (κ2) is 9.67. The average Bonchev–Trinajstić information content (AvgIpc) is 2.81. The van der Waals surface area contributed by atoms with Crippen LogP contribution in [-0.2, 0) is 27.3 Å². The number of amides is 2. The van der Waals surface area contributed by atoms with Crippen molar-refractivity contribution in [3.63, 3.8) is 0 Å². The summed E-state index contributed by atoms with van der Waals surface area (Å²) >= 11 is 0. The number of aliphatic hydroxyl groups excluding tert-OH is 2. The Bertz CT molecular complexity index is 1360. The smallest absolute Gasteiger partial charge is 0.255 e. The number of nitrogens with zero attached hydrogens (tertiary/aromatic N) is 2. The number of likely N-dealkylation sites (N-methyl/N-ethyl adjacent to an activating group) is 1. The third kappa shape index (κ3) is 4.13. The van der Waals surface area contributed by atoms with E-state index in [1.54, 1.807) is 39.2 Å². The molecule has 210 valence electrons. The number of allylic oxidation sites excluding steroid dienone is 1. The van der Waals surface area contributed by atoms with Gasteiger partial charge in [0.05, 0.1) is 18.2 Å². The van der Waals surface area contributed by atoms with Crippen LogP contribution in [0.25, 0.3) is 0 Å². The van der Waals surface area contributed by atoms with Crippen LogP contribution in [0.1, 0.15) is 27.9 Å². The molecule has 1 aromatic carbocycles. The Morgan fingerprint density at radius 1 is 1.13 bits per heavy atom. The highest BCUT2D eigenvalue weighted by Gasteiger charge is 2.63. The number of nitrogens with one attached hydrogen (secondary N) is 1. The fraction of sp³-hybridized carbons (Fsp3) is 0.462. The van der Waals surface area contributed by atoms with Crippen LogP contribution in [0.2, 0.25) is 0 Å². The number of benzene rings is 1. The first-order valence-corrected chi connectivity index (χ1v) is 12.3. The Hall–Kier alpha value is -3.94. The van der Waals surface area contributed by atoms with E-state index in [2.05, 4.69) is 5.32 Å². The zero-order valence-electron chi connectivity index (χ0n) is 22.1. The lowest BCUT2D eigenvalue weighted by Gasteiger charge is -2.50. The number of hydrogen-bond donors (Lipinski definition) is 7. The van der Waals surface area contributed by atoms with Crippen molar-refractivity contribution in [2.75, 3.05) is 39.6 Å². The molecule has 13 nitrogen and oxygen atoms in total. The Balaban J connectivity index is 1.92. The lowest BCUT2D eigenvalue weighted by Crippen LogP contribution is -2.63. The Kier molecular flexibility index (Phi) is 6.96. The van der Waals surface area contributed by atoms with Gasteiger partial charge in [-0.25, -0.2) is 0 Å². The van der Waals surface area contributed by atoms with Crippen molar-refractivity contribution in [1.82, 2.24) is 10.2 Å². The number of ketones is 2. The molecule has 2 amide bonds. The average molecular weight is 544 g/mol. The van der Waals surface area contributed by atoms with Gasteiger partial charge in [0.15, 0.2) is 11.4 Å². The van der Waals surface area contributed by atoms with Crippen molar-refractivity contribution >= 4 is 29.1 Å². The molecule has 13 heteroatoms. The standard InChI is InChI=1S/C26H33N5O8/c1-30(2)14-7-11(8-29-9-15(27)32)20(33)17-12(14)5-10-6-13-19(31(3)4)22(35)18(25(28)38)24(37)26(13,39)23(36)16(10)21(17)34/h7,10,13,19,29,33,35-36,39H,5-6,8-9H2,1-4H3,(H2,27,32)(H2,28,38)/t10-,13-,19-,26-/m0/s1. The number of hydrogen-bond acceptors (Lipinski definition) is 11. The molecule has 9 N–H and O–H groups in total. The van der Waals surface area contributed by atoms with Crippen molar-refractivity contribution in [2.45, 2.75) is 31.0 Å². The second-order valence-electron chi connectivity index (χ2n) is 10.7. The summed E-state index contributed by atoms with van der Waals surface area (Å²) < 4.78 is 0. The van der Waals surface area contributed by atoms with Crippen molar-refractivity contribution in [2.24, 2.45) is 23.3 Å². The first-order valence-electron chi connectivity index (χ1n) is 12.3. The largest absolute Gasteiger partial charge is 0.510 e. The topological polar surface area (TPSA) is 220 Å². The number of aromatic hydroxyl groups is 1. The molecule has 3 aliphatic rings. The van der Waals surface area contributed by atoms with Crippen LogP contribution in [-0.4, -0.2) is 95.1 Å². The zero-order valence-corrected chi connectivity index (χ0v) is 22.1. The molecule has 4 rings (SSSR count). The van der Waals surface area contributed by atoms with Gasteiger partial charge in [0, 0.05) is 43.4 Å². The molecule has 0 fully saturated rings. The number of fused-ring (bicyclic) bond motifs is 3. The molecule has 0 bridgehead atoms. The van der Waals surface area contributed by atoms with Gasteiger partial charge in [-0.3, -0.25) is 24.1 Å². The van der Waals surface area contributed by atoms with Gasteiger partial charge >= 0.3 is 0 Å². The molecule has 0 saturated carbocycles. The molecule has 3 aliphatic carbocycles. The Morgan fingerprint density at radius 3 is 2.31 bits per heavy atom. The van der Waals surface area contributed by atoms with E-state index in [4.69, 9.17) is 11.5 Å². The zero-order chi connectivity index (χ0) is 29.1. The van der Waals surface area contributed by atoms with Crippen LogP contribution >= 0.6 is 0 Å². The van der Waals surface area contributed by atoms with Crippen LogP contribution in [0.3, 0.4) is 0 Å². The molecule has 39 heavy (non-hydrogen) atoms. The number of phenols is 1.